The Labute approximate surface area is 197 Å². The first-order valence-corrected chi connectivity index (χ1v) is 11.7. The smallest absolute Gasteiger partial charge is 0.150 e. The lowest BCUT2D eigenvalue weighted by Gasteiger charge is -2.38. The minimum atomic E-state index is 0.286. The van der Waals surface area contributed by atoms with Crippen molar-refractivity contribution in [2.75, 3.05) is 20.2 Å². The van der Waals surface area contributed by atoms with Crippen LogP contribution < -0.4 is 4.74 Å². The molecule has 172 valence electrons. The van der Waals surface area contributed by atoms with Gasteiger partial charge in [-0.3, -0.25) is 4.90 Å². The predicted octanol–water partition coefficient (Wildman–Crippen LogP) is 3.29. The van der Waals surface area contributed by atoms with E-state index in [1.54, 1.807) is 24.1 Å². The molecule has 1 aliphatic heterocycles. The Bertz CT molecular complexity index is 1390. The van der Waals surface area contributed by atoms with Crippen molar-refractivity contribution < 1.29 is 4.74 Å². The molecule has 5 heterocycles. The summed E-state index contributed by atoms with van der Waals surface area (Å²) in [5.74, 6) is 0.566. The molecule has 9 heteroatoms. The number of methoxy groups -OCH3 is 1. The molecule has 2 fully saturated rings. The van der Waals surface area contributed by atoms with Gasteiger partial charge in [0, 0.05) is 31.0 Å². The first kappa shape index (κ1) is 20.8. The fraction of sp³-hybridized carbons (Fsp3) is 0.400. The highest BCUT2D eigenvalue weighted by Gasteiger charge is 2.42. The number of imidazole rings is 1. The van der Waals surface area contributed by atoms with Crippen LogP contribution in [0.4, 0.5) is 0 Å². The van der Waals surface area contributed by atoms with Gasteiger partial charge in [0.15, 0.2) is 0 Å². The number of nitrogens with zero attached hydrogens (tertiary/aromatic N) is 8. The number of aromatic nitrogens is 6. The van der Waals surface area contributed by atoms with Gasteiger partial charge in [0.2, 0.25) is 0 Å². The number of hydrogen-bond acceptors (Lipinski definition) is 7. The maximum atomic E-state index is 9.40. The molecule has 1 saturated carbocycles. The third-order valence-electron chi connectivity index (χ3n) is 7.24. The van der Waals surface area contributed by atoms with E-state index >= 15 is 0 Å². The van der Waals surface area contributed by atoms with Gasteiger partial charge in [-0.15, -0.1) is 5.10 Å². The van der Waals surface area contributed by atoms with E-state index in [1.165, 1.54) is 50.5 Å². The van der Waals surface area contributed by atoms with Gasteiger partial charge >= 0.3 is 0 Å². The fourth-order valence-corrected chi connectivity index (χ4v) is 5.27. The van der Waals surface area contributed by atoms with E-state index in [0.717, 1.165) is 17.9 Å². The summed E-state index contributed by atoms with van der Waals surface area (Å²) < 4.78 is 9.06. The maximum absolute atomic E-state index is 9.40. The van der Waals surface area contributed by atoms with E-state index in [9.17, 15) is 5.26 Å². The summed E-state index contributed by atoms with van der Waals surface area (Å²) in [6.45, 7) is 3.93. The lowest BCUT2D eigenvalue weighted by Crippen LogP contribution is -2.32. The molecule has 0 atom stereocenters. The van der Waals surface area contributed by atoms with Gasteiger partial charge in [-0.1, -0.05) is 17.7 Å². The second kappa shape index (κ2) is 8.22. The highest BCUT2D eigenvalue weighted by molar-refractivity contribution is 5.65. The monoisotopic (exact) mass is 454 g/mol. The van der Waals surface area contributed by atoms with Crippen molar-refractivity contribution in [2.24, 2.45) is 5.41 Å². The Morgan fingerprint density at radius 1 is 1.15 bits per heavy atom. The molecule has 0 radical (unpaired) electrons. The summed E-state index contributed by atoms with van der Waals surface area (Å²) in [6, 6.07) is 8.12. The summed E-state index contributed by atoms with van der Waals surface area (Å²) in [5, 5.41) is 17.9. The van der Waals surface area contributed by atoms with Crippen molar-refractivity contribution in [2.45, 2.75) is 38.8 Å². The number of pyridine rings is 2. The number of rotatable bonds is 6. The number of nitriles is 1. The second-order valence-corrected chi connectivity index (χ2v) is 9.53. The maximum Gasteiger partial charge on any atom is 0.150 e. The van der Waals surface area contributed by atoms with Crippen LogP contribution >= 0.6 is 0 Å². The molecule has 1 saturated heterocycles. The van der Waals surface area contributed by atoms with Gasteiger partial charge in [-0.05, 0) is 48.9 Å². The van der Waals surface area contributed by atoms with Crippen molar-refractivity contribution in [3.63, 3.8) is 0 Å². The molecular weight excluding hydrogens is 428 g/mol. The van der Waals surface area contributed by atoms with Crippen LogP contribution in [0.3, 0.4) is 0 Å². The topological polar surface area (TPSA) is 97.2 Å². The molecule has 0 amide bonds. The highest BCUT2D eigenvalue weighted by atomic mass is 16.5. The molecule has 34 heavy (non-hydrogen) atoms. The van der Waals surface area contributed by atoms with E-state index in [4.69, 9.17) is 9.72 Å². The molecule has 0 aromatic carbocycles. The summed E-state index contributed by atoms with van der Waals surface area (Å²) in [4.78, 5) is 11.5. The summed E-state index contributed by atoms with van der Waals surface area (Å²) in [5.41, 5.74) is 5.20. The van der Waals surface area contributed by atoms with Gasteiger partial charge in [0.1, 0.15) is 28.9 Å². The number of fused-ring (bicyclic) bond motifs is 1. The Balaban J connectivity index is 1.18. The molecule has 9 nitrogen and oxygen atoms in total. The zero-order chi connectivity index (χ0) is 23.1. The van der Waals surface area contributed by atoms with Crippen molar-refractivity contribution in [1.82, 2.24) is 34.3 Å². The Kier molecular flexibility index (Phi) is 5.03. The zero-order valence-corrected chi connectivity index (χ0v) is 19.2. The lowest BCUT2D eigenvalue weighted by atomic mass is 9.68. The fourth-order valence-electron chi connectivity index (χ4n) is 5.27. The predicted molar refractivity (Wildman–Crippen MR) is 125 cm³/mol. The van der Waals surface area contributed by atoms with Crippen LogP contribution in [0.2, 0.25) is 0 Å². The van der Waals surface area contributed by atoms with Gasteiger partial charge in [-0.25, -0.2) is 14.6 Å². The van der Waals surface area contributed by atoms with Gasteiger partial charge < -0.3 is 9.14 Å². The molecule has 0 unspecified atom stereocenters. The van der Waals surface area contributed by atoms with E-state index < -0.39 is 0 Å². The molecule has 1 spiro atoms. The largest absolute Gasteiger partial charge is 0.495 e. The van der Waals surface area contributed by atoms with E-state index in [1.807, 2.05) is 6.20 Å². The van der Waals surface area contributed by atoms with Crippen LogP contribution in [0, 0.1) is 16.7 Å². The minimum Gasteiger partial charge on any atom is -0.495 e. The van der Waals surface area contributed by atoms with Crippen molar-refractivity contribution >= 4 is 5.65 Å². The average molecular weight is 455 g/mol. The molecule has 6 rings (SSSR count). The van der Waals surface area contributed by atoms with Crippen molar-refractivity contribution in [3.05, 3.63) is 59.9 Å². The van der Waals surface area contributed by atoms with Crippen molar-refractivity contribution in [3.8, 4) is 23.1 Å². The Morgan fingerprint density at radius 2 is 2.06 bits per heavy atom. The number of ether oxygens (including phenoxy) is 1. The molecule has 1 aliphatic carbocycles. The number of hydrogen-bond donors (Lipinski definition) is 0. The van der Waals surface area contributed by atoms with Crippen LogP contribution in [0.5, 0.6) is 5.75 Å². The quantitative estimate of drug-likeness (QED) is 0.441. The Morgan fingerprint density at radius 3 is 2.82 bits per heavy atom. The van der Waals surface area contributed by atoms with Crippen molar-refractivity contribution in [1.29, 1.82) is 5.26 Å². The van der Waals surface area contributed by atoms with Crippen LogP contribution in [0.15, 0.2) is 43.0 Å². The third-order valence-corrected chi connectivity index (χ3v) is 7.24. The summed E-state index contributed by atoms with van der Waals surface area (Å²) in [6.07, 6.45) is 13.1. The Hall–Kier alpha value is -3.77. The normalized spacial score (nSPS) is 17.2. The first-order chi connectivity index (χ1) is 16.6. The molecule has 4 aromatic heterocycles. The zero-order valence-electron chi connectivity index (χ0n) is 19.2. The molecular formula is C25H26N8O. The third kappa shape index (κ3) is 3.80. The molecule has 0 bridgehead atoms. The lowest BCUT2D eigenvalue weighted by molar-refractivity contribution is 0.137. The summed E-state index contributed by atoms with van der Waals surface area (Å²) in [7, 11) is 1.56. The van der Waals surface area contributed by atoms with Gasteiger partial charge in [0.05, 0.1) is 31.7 Å². The molecule has 2 aliphatic rings. The van der Waals surface area contributed by atoms with Crippen LogP contribution in [0.25, 0.3) is 16.9 Å². The summed E-state index contributed by atoms with van der Waals surface area (Å²) >= 11 is 0. The minimum absolute atomic E-state index is 0.286. The molecule has 0 N–H and O–H groups in total. The van der Waals surface area contributed by atoms with Crippen LogP contribution in [-0.4, -0.2) is 54.5 Å². The van der Waals surface area contributed by atoms with Crippen LogP contribution in [-0.2, 0) is 13.1 Å². The number of likely N-dealkylation sites (tertiary alicyclic amines) is 1. The second-order valence-electron chi connectivity index (χ2n) is 9.53. The van der Waals surface area contributed by atoms with E-state index in [2.05, 4.69) is 49.0 Å². The SMILES string of the molecule is COc1cnc(C#N)c(-c2cn(Cc3cn4cc(CN5CCC6(CCC6)C5)ccc4n3)nn2)c1. The first-order valence-electron chi connectivity index (χ1n) is 11.7. The highest BCUT2D eigenvalue weighted by Crippen LogP contribution is 2.48. The van der Waals surface area contributed by atoms with Gasteiger partial charge in [0.25, 0.3) is 0 Å². The van der Waals surface area contributed by atoms with E-state index in [0.29, 0.717) is 29.0 Å². The van der Waals surface area contributed by atoms with Crippen LogP contribution in [0.1, 0.15) is 42.6 Å². The standard InChI is InChI=1S/C25H26N8O/c1-34-20-9-21(22(10-26)27-11-20)23-16-33(30-29-23)15-19-14-32-13-18(3-4-24(32)28-19)12-31-8-7-25(17-31)5-2-6-25/h3-4,9,11,13-14,16H,2,5-8,12,15,17H2,1H3. The molecule has 4 aromatic rings. The van der Waals surface area contributed by atoms with Gasteiger partial charge in [-0.2, -0.15) is 5.26 Å². The average Bonchev–Trinajstić information content (AvgIpc) is 3.56. The van der Waals surface area contributed by atoms with E-state index in [-0.39, 0.29) is 5.69 Å².